The van der Waals surface area contributed by atoms with Crippen LogP contribution in [0.25, 0.3) is 0 Å². The number of ether oxygens (including phenoxy) is 2. The molecule has 1 aromatic rings. The number of hydrogen-bond acceptors (Lipinski definition) is 7. The van der Waals surface area contributed by atoms with Gasteiger partial charge < -0.3 is 19.5 Å². The number of benzene rings is 1. The van der Waals surface area contributed by atoms with Gasteiger partial charge in [-0.2, -0.15) is 0 Å². The second kappa shape index (κ2) is 9.07. The average Bonchev–Trinajstić information content (AvgIpc) is 2.98. The number of aromatic hydroxyl groups is 1. The minimum absolute atomic E-state index is 0.0105. The molecule has 1 saturated heterocycles. The lowest BCUT2D eigenvalue weighted by Crippen LogP contribution is -2.43. The third kappa shape index (κ3) is 5.85. The maximum absolute atomic E-state index is 12.3. The first-order chi connectivity index (χ1) is 12.8. The van der Waals surface area contributed by atoms with Gasteiger partial charge in [-0.1, -0.05) is 6.07 Å². The molecule has 2 rings (SSSR count). The van der Waals surface area contributed by atoms with Crippen LogP contribution in [0.3, 0.4) is 0 Å². The lowest BCUT2D eigenvalue weighted by molar-refractivity contribution is -0.152. The van der Waals surface area contributed by atoms with E-state index in [1.165, 1.54) is 18.1 Å². The number of hydrogen-bond donors (Lipinski definition) is 1. The Kier molecular flexibility index (Phi) is 7.06. The van der Waals surface area contributed by atoms with Gasteiger partial charge in [0, 0.05) is 19.0 Å². The van der Waals surface area contributed by atoms with Crippen LogP contribution in [-0.2, 0) is 30.6 Å². The highest BCUT2D eigenvalue weighted by Gasteiger charge is 2.34. The number of likely N-dealkylation sites (N-methyl/N-ethyl adjacent to an activating group) is 1. The van der Waals surface area contributed by atoms with Crippen LogP contribution in [0.4, 0.5) is 0 Å². The number of aryl methyl sites for hydroxylation is 1. The molecule has 1 fully saturated rings. The first kappa shape index (κ1) is 21.0. The Morgan fingerprint density at radius 2 is 2.07 bits per heavy atom. The SMILES string of the molecule is CCN(C(=O)COC(=O)CCc1ccc(OC)c(O)c1)C1CCS(=O)(=O)C1. The van der Waals surface area contributed by atoms with E-state index in [9.17, 15) is 23.1 Å². The van der Waals surface area contributed by atoms with Gasteiger partial charge in [0.25, 0.3) is 5.91 Å². The topological polar surface area (TPSA) is 110 Å². The van der Waals surface area contributed by atoms with Gasteiger partial charge in [0.15, 0.2) is 27.9 Å². The molecule has 150 valence electrons. The molecular formula is C18H25NO7S. The molecule has 1 unspecified atom stereocenters. The van der Waals surface area contributed by atoms with Gasteiger partial charge >= 0.3 is 5.97 Å². The second-order valence-electron chi connectivity index (χ2n) is 6.40. The fourth-order valence-corrected chi connectivity index (χ4v) is 4.82. The molecule has 1 amide bonds. The lowest BCUT2D eigenvalue weighted by atomic mass is 10.1. The summed E-state index contributed by atoms with van der Waals surface area (Å²) in [4.78, 5) is 25.6. The van der Waals surface area contributed by atoms with Gasteiger partial charge in [-0.15, -0.1) is 0 Å². The summed E-state index contributed by atoms with van der Waals surface area (Å²) in [6.07, 6.45) is 0.822. The zero-order valence-electron chi connectivity index (χ0n) is 15.5. The third-order valence-corrected chi connectivity index (χ3v) is 6.28. The molecule has 1 N–H and O–H groups in total. The fraction of sp³-hybridized carbons (Fsp3) is 0.556. The van der Waals surface area contributed by atoms with E-state index in [-0.39, 0.29) is 29.7 Å². The summed E-state index contributed by atoms with van der Waals surface area (Å²) < 4.78 is 33.2. The Hall–Kier alpha value is -2.29. The van der Waals surface area contributed by atoms with E-state index in [2.05, 4.69) is 0 Å². The minimum atomic E-state index is -3.09. The van der Waals surface area contributed by atoms with E-state index in [0.717, 1.165) is 5.56 Å². The van der Waals surface area contributed by atoms with Crippen molar-refractivity contribution in [2.45, 2.75) is 32.2 Å². The molecule has 1 aliphatic rings. The fourth-order valence-electron chi connectivity index (χ4n) is 3.09. The summed E-state index contributed by atoms with van der Waals surface area (Å²) >= 11 is 0. The Bertz CT molecular complexity index is 791. The van der Waals surface area contributed by atoms with Crippen molar-refractivity contribution in [3.8, 4) is 11.5 Å². The first-order valence-corrected chi connectivity index (χ1v) is 10.6. The molecule has 0 bridgehead atoms. The van der Waals surface area contributed by atoms with Gasteiger partial charge in [-0.05, 0) is 37.5 Å². The number of nitrogens with zero attached hydrogens (tertiary/aromatic N) is 1. The van der Waals surface area contributed by atoms with Gasteiger partial charge in [0.2, 0.25) is 0 Å². The molecule has 0 aromatic heterocycles. The van der Waals surface area contributed by atoms with Crippen molar-refractivity contribution >= 4 is 21.7 Å². The van der Waals surface area contributed by atoms with Crippen LogP contribution in [-0.4, -0.2) is 68.1 Å². The zero-order valence-corrected chi connectivity index (χ0v) is 16.3. The Morgan fingerprint density at radius 1 is 1.33 bits per heavy atom. The van der Waals surface area contributed by atoms with Crippen molar-refractivity contribution in [2.75, 3.05) is 31.8 Å². The molecule has 27 heavy (non-hydrogen) atoms. The number of esters is 1. The van der Waals surface area contributed by atoms with Crippen LogP contribution in [0.2, 0.25) is 0 Å². The van der Waals surface area contributed by atoms with Gasteiger partial charge in [-0.25, -0.2) is 8.42 Å². The molecule has 1 aromatic carbocycles. The molecule has 9 heteroatoms. The van der Waals surface area contributed by atoms with Crippen LogP contribution in [0, 0.1) is 0 Å². The smallest absolute Gasteiger partial charge is 0.306 e. The summed E-state index contributed by atoms with van der Waals surface area (Å²) in [6.45, 7) is 1.72. The number of sulfone groups is 1. The molecule has 1 atom stereocenters. The normalized spacial score (nSPS) is 18.1. The van der Waals surface area contributed by atoms with E-state index in [4.69, 9.17) is 9.47 Å². The highest BCUT2D eigenvalue weighted by molar-refractivity contribution is 7.91. The van der Waals surface area contributed by atoms with Gasteiger partial charge in [-0.3, -0.25) is 9.59 Å². The molecule has 1 aliphatic heterocycles. The zero-order chi connectivity index (χ0) is 20.0. The van der Waals surface area contributed by atoms with Crippen molar-refractivity contribution in [3.05, 3.63) is 23.8 Å². The summed E-state index contributed by atoms with van der Waals surface area (Å²) in [5.41, 5.74) is 0.739. The van der Waals surface area contributed by atoms with Crippen LogP contribution in [0.1, 0.15) is 25.3 Å². The molecule has 0 saturated carbocycles. The number of carbonyl (C=O) groups is 2. The first-order valence-electron chi connectivity index (χ1n) is 8.77. The van der Waals surface area contributed by atoms with Crippen molar-refractivity contribution in [1.82, 2.24) is 4.90 Å². The summed E-state index contributed by atoms with van der Waals surface area (Å²) in [5, 5.41) is 9.73. The molecule has 0 radical (unpaired) electrons. The number of carbonyl (C=O) groups excluding carboxylic acids is 2. The highest BCUT2D eigenvalue weighted by Crippen LogP contribution is 2.26. The predicted molar refractivity (Wildman–Crippen MR) is 98.4 cm³/mol. The molecule has 0 spiro atoms. The van der Waals surface area contributed by atoms with Crippen molar-refractivity contribution in [2.24, 2.45) is 0 Å². The van der Waals surface area contributed by atoms with Gasteiger partial charge in [0.05, 0.1) is 18.6 Å². The van der Waals surface area contributed by atoms with Crippen molar-refractivity contribution in [3.63, 3.8) is 0 Å². The van der Waals surface area contributed by atoms with E-state index >= 15 is 0 Å². The monoisotopic (exact) mass is 399 g/mol. The number of phenolic OH excluding ortho intramolecular Hbond substituents is 1. The lowest BCUT2D eigenvalue weighted by Gasteiger charge is -2.26. The number of methoxy groups -OCH3 is 1. The van der Waals surface area contributed by atoms with E-state index in [0.29, 0.717) is 25.1 Å². The Morgan fingerprint density at radius 3 is 2.63 bits per heavy atom. The number of rotatable bonds is 8. The molecular weight excluding hydrogens is 374 g/mol. The van der Waals surface area contributed by atoms with Gasteiger partial charge in [0.1, 0.15) is 0 Å². The van der Waals surface area contributed by atoms with Crippen LogP contribution in [0.5, 0.6) is 11.5 Å². The third-order valence-electron chi connectivity index (χ3n) is 4.53. The molecule has 0 aliphatic carbocycles. The van der Waals surface area contributed by atoms with Crippen molar-refractivity contribution in [1.29, 1.82) is 0 Å². The minimum Gasteiger partial charge on any atom is -0.504 e. The van der Waals surface area contributed by atoms with Crippen molar-refractivity contribution < 1.29 is 32.6 Å². The van der Waals surface area contributed by atoms with Crippen LogP contribution in [0.15, 0.2) is 18.2 Å². The standard InChI is InChI=1S/C18H25NO7S/c1-3-19(14-8-9-27(23,24)12-14)17(21)11-26-18(22)7-5-13-4-6-16(25-2)15(20)10-13/h4,6,10,14,20H,3,5,7-9,11-12H2,1-2H3. The Balaban J connectivity index is 1.80. The Labute approximate surface area is 159 Å². The van der Waals surface area contributed by atoms with E-state index in [1.54, 1.807) is 19.1 Å². The average molecular weight is 399 g/mol. The highest BCUT2D eigenvalue weighted by atomic mass is 32.2. The molecule has 8 nitrogen and oxygen atoms in total. The summed E-state index contributed by atoms with van der Waals surface area (Å²) in [5.74, 6) is -0.551. The van der Waals surface area contributed by atoms with E-state index in [1.807, 2.05) is 0 Å². The largest absolute Gasteiger partial charge is 0.504 e. The quantitative estimate of drug-likeness (QED) is 0.647. The second-order valence-corrected chi connectivity index (χ2v) is 8.63. The predicted octanol–water partition coefficient (Wildman–Crippen LogP) is 0.912. The maximum atomic E-state index is 12.3. The molecule has 1 heterocycles. The summed E-state index contributed by atoms with van der Waals surface area (Å²) in [7, 11) is -1.65. The number of amides is 1. The number of phenols is 1. The summed E-state index contributed by atoms with van der Waals surface area (Å²) in [6, 6.07) is 4.50. The maximum Gasteiger partial charge on any atom is 0.306 e. The van der Waals surface area contributed by atoms with Crippen LogP contribution >= 0.6 is 0 Å². The van der Waals surface area contributed by atoms with Crippen LogP contribution < -0.4 is 4.74 Å². The van der Waals surface area contributed by atoms with E-state index < -0.39 is 28.3 Å².